The number of nitrogens with zero attached hydrogens (tertiary/aromatic N) is 3. The van der Waals surface area contributed by atoms with Crippen molar-refractivity contribution in [3.05, 3.63) is 80.7 Å². The van der Waals surface area contributed by atoms with E-state index >= 15 is 0 Å². The molecule has 0 aliphatic rings. The van der Waals surface area contributed by atoms with Crippen LogP contribution in [0.25, 0.3) is 0 Å². The summed E-state index contributed by atoms with van der Waals surface area (Å²) in [5.74, 6) is 0.596. The SMILES string of the molecule is C/N=C\c1ccc(Cn2cc(OC)c(=O)nc2Nc2cccc(Cl)c2C)cc1. The fraction of sp³-hybridized carbons (Fsp3) is 0.190. The molecule has 0 radical (unpaired) electrons. The highest BCUT2D eigenvalue weighted by atomic mass is 35.5. The van der Waals surface area contributed by atoms with Crippen LogP contribution in [0.5, 0.6) is 5.75 Å². The highest BCUT2D eigenvalue weighted by Crippen LogP contribution is 2.26. The minimum absolute atomic E-state index is 0.183. The predicted molar refractivity (Wildman–Crippen MR) is 114 cm³/mol. The van der Waals surface area contributed by atoms with Crippen molar-refractivity contribution in [2.24, 2.45) is 4.99 Å². The molecule has 0 bridgehead atoms. The van der Waals surface area contributed by atoms with Gasteiger partial charge >= 0.3 is 5.56 Å². The first-order chi connectivity index (χ1) is 13.5. The van der Waals surface area contributed by atoms with Crippen LogP contribution in [0.15, 0.2) is 58.4 Å². The second kappa shape index (κ2) is 8.71. The number of methoxy groups -OCH3 is 1. The third kappa shape index (κ3) is 4.40. The largest absolute Gasteiger partial charge is 0.490 e. The van der Waals surface area contributed by atoms with Gasteiger partial charge in [0.2, 0.25) is 11.7 Å². The number of hydrogen-bond donors (Lipinski definition) is 1. The van der Waals surface area contributed by atoms with E-state index in [2.05, 4.69) is 15.3 Å². The van der Waals surface area contributed by atoms with Crippen LogP contribution in [0.4, 0.5) is 11.6 Å². The van der Waals surface area contributed by atoms with Crippen LogP contribution in [0, 0.1) is 6.92 Å². The fourth-order valence-corrected chi connectivity index (χ4v) is 2.93. The van der Waals surface area contributed by atoms with Gasteiger partial charge in [0.15, 0.2) is 0 Å². The van der Waals surface area contributed by atoms with E-state index in [1.165, 1.54) is 7.11 Å². The molecule has 0 aliphatic heterocycles. The second-order valence-electron chi connectivity index (χ2n) is 6.23. The summed E-state index contributed by atoms with van der Waals surface area (Å²) in [5.41, 5.74) is 3.30. The topological polar surface area (TPSA) is 68.5 Å². The number of anilines is 2. The molecule has 0 aliphatic carbocycles. The van der Waals surface area contributed by atoms with Gasteiger partial charge in [-0.2, -0.15) is 4.98 Å². The van der Waals surface area contributed by atoms with Crippen LogP contribution >= 0.6 is 11.6 Å². The van der Waals surface area contributed by atoms with Gasteiger partial charge in [0.25, 0.3) is 0 Å². The Morgan fingerprint density at radius 1 is 1.25 bits per heavy atom. The molecular formula is C21H21ClN4O2. The third-order valence-corrected chi connectivity index (χ3v) is 4.72. The molecule has 1 N–H and O–H groups in total. The van der Waals surface area contributed by atoms with E-state index in [4.69, 9.17) is 16.3 Å². The molecule has 6 nitrogen and oxygen atoms in total. The summed E-state index contributed by atoms with van der Waals surface area (Å²) in [7, 11) is 3.19. The van der Waals surface area contributed by atoms with E-state index in [0.29, 0.717) is 17.5 Å². The Morgan fingerprint density at radius 2 is 2.00 bits per heavy atom. The normalized spacial score (nSPS) is 11.0. The average molecular weight is 397 g/mol. The molecule has 28 heavy (non-hydrogen) atoms. The quantitative estimate of drug-likeness (QED) is 0.638. The molecule has 0 saturated carbocycles. The van der Waals surface area contributed by atoms with Gasteiger partial charge in [-0.05, 0) is 35.7 Å². The molecule has 3 aromatic rings. The summed E-state index contributed by atoms with van der Waals surface area (Å²) in [4.78, 5) is 20.4. The Kier molecular flexibility index (Phi) is 6.11. The maximum atomic E-state index is 12.2. The van der Waals surface area contributed by atoms with Crippen molar-refractivity contribution >= 4 is 29.5 Å². The van der Waals surface area contributed by atoms with E-state index in [0.717, 1.165) is 22.4 Å². The van der Waals surface area contributed by atoms with Crippen molar-refractivity contribution in [1.29, 1.82) is 0 Å². The van der Waals surface area contributed by atoms with Crippen LogP contribution in [0.1, 0.15) is 16.7 Å². The minimum Gasteiger partial charge on any atom is -0.490 e. The first-order valence-electron chi connectivity index (χ1n) is 8.70. The average Bonchev–Trinajstić information content (AvgIpc) is 2.69. The van der Waals surface area contributed by atoms with E-state index in [1.54, 1.807) is 19.5 Å². The van der Waals surface area contributed by atoms with Crippen molar-refractivity contribution in [1.82, 2.24) is 9.55 Å². The Morgan fingerprint density at radius 3 is 2.68 bits per heavy atom. The molecule has 144 valence electrons. The summed E-state index contributed by atoms with van der Waals surface area (Å²) in [6, 6.07) is 13.6. The van der Waals surface area contributed by atoms with Crippen LogP contribution in [-0.4, -0.2) is 29.9 Å². The maximum absolute atomic E-state index is 12.2. The van der Waals surface area contributed by atoms with Gasteiger partial charge in [0.1, 0.15) is 0 Å². The van der Waals surface area contributed by atoms with Gasteiger partial charge in [-0.1, -0.05) is 41.9 Å². The third-order valence-electron chi connectivity index (χ3n) is 4.31. The molecule has 3 rings (SSSR count). The molecule has 1 heterocycles. The van der Waals surface area contributed by atoms with Crippen LogP contribution < -0.4 is 15.6 Å². The number of rotatable bonds is 6. The number of benzene rings is 2. The van der Waals surface area contributed by atoms with Crippen LogP contribution in [-0.2, 0) is 6.54 Å². The van der Waals surface area contributed by atoms with Crippen molar-refractivity contribution < 1.29 is 4.74 Å². The summed E-state index contributed by atoms with van der Waals surface area (Å²) in [6.45, 7) is 2.42. The van der Waals surface area contributed by atoms with E-state index in [1.807, 2.05) is 54.0 Å². The molecular weight excluding hydrogens is 376 g/mol. The van der Waals surface area contributed by atoms with Crippen molar-refractivity contribution in [3.8, 4) is 5.75 Å². The lowest BCUT2D eigenvalue weighted by Crippen LogP contribution is -2.19. The molecule has 2 aromatic carbocycles. The van der Waals surface area contributed by atoms with Crippen molar-refractivity contribution in [2.45, 2.75) is 13.5 Å². The number of aliphatic imine (C=N–C) groups is 1. The Balaban J connectivity index is 1.98. The van der Waals surface area contributed by atoms with Crippen molar-refractivity contribution in [2.75, 3.05) is 19.5 Å². The first-order valence-corrected chi connectivity index (χ1v) is 9.08. The van der Waals surface area contributed by atoms with Gasteiger partial charge in [0, 0.05) is 24.0 Å². The van der Waals surface area contributed by atoms with Crippen LogP contribution in [0.2, 0.25) is 5.02 Å². The smallest absolute Gasteiger partial charge is 0.316 e. The van der Waals surface area contributed by atoms with Gasteiger partial charge in [-0.25, -0.2) is 0 Å². The molecule has 0 saturated heterocycles. The van der Waals surface area contributed by atoms with Gasteiger partial charge in [-0.15, -0.1) is 0 Å². The predicted octanol–water partition coefficient (Wildman–Crippen LogP) is 4.05. The molecule has 1 aromatic heterocycles. The first kappa shape index (κ1) is 19.6. The molecule has 7 heteroatoms. The number of aromatic nitrogens is 2. The standard InChI is InChI=1S/C21H21ClN4O2/c1-14-17(22)5-4-6-18(14)24-21-25-20(27)19(28-3)13-26(21)12-16-9-7-15(8-10-16)11-23-2/h4-11,13H,12H2,1-3H3,(H,24,25,27)/b23-11-. The number of halogens is 1. The Hall–Kier alpha value is -3.12. The fourth-order valence-electron chi connectivity index (χ4n) is 2.75. The summed E-state index contributed by atoms with van der Waals surface area (Å²) in [6.07, 6.45) is 3.45. The molecule has 0 amide bonds. The van der Waals surface area contributed by atoms with E-state index in [-0.39, 0.29) is 5.75 Å². The highest BCUT2D eigenvalue weighted by Gasteiger charge is 2.12. The van der Waals surface area contributed by atoms with Crippen LogP contribution in [0.3, 0.4) is 0 Å². The zero-order chi connectivity index (χ0) is 20.1. The zero-order valence-corrected chi connectivity index (χ0v) is 16.7. The summed E-state index contributed by atoms with van der Waals surface area (Å²) >= 11 is 6.21. The van der Waals surface area contributed by atoms with E-state index in [9.17, 15) is 4.79 Å². The Labute approximate surface area is 168 Å². The van der Waals surface area contributed by atoms with Crippen molar-refractivity contribution in [3.63, 3.8) is 0 Å². The molecule has 0 fully saturated rings. The van der Waals surface area contributed by atoms with Gasteiger partial charge < -0.3 is 14.6 Å². The second-order valence-corrected chi connectivity index (χ2v) is 6.64. The summed E-state index contributed by atoms with van der Waals surface area (Å²) < 4.78 is 7.00. The number of ether oxygens (including phenoxy) is 1. The number of nitrogens with one attached hydrogen (secondary N) is 1. The zero-order valence-electron chi connectivity index (χ0n) is 15.9. The van der Waals surface area contributed by atoms with E-state index < -0.39 is 5.56 Å². The molecule has 0 spiro atoms. The lowest BCUT2D eigenvalue weighted by molar-refractivity contribution is 0.402. The minimum atomic E-state index is -0.435. The highest BCUT2D eigenvalue weighted by molar-refractivity contribution is 6.31. The summed E-state index contributed by atoms with van der Waals surface area (Å²) in [5, 5.41) is 3.86. The Bertz CT molecular complexity index is 1060. The molecule has 0 unspecified atom stereocenters. The van der Waals surface area contributed by atoms with Gasteiger partial charge in [-0.3, -0.25) is 9.79 Å². The maximum Gasteiger partial charge on any atom is 0.316 e. The number of hydrogen-bond acceptors (Lipinski definition) is 5. The lowest BCUT2D eigenvalue weighted by atomic mass is 10.1. The monoisotopic (exact) mass is 396 g/mol. The lowest BCUT2D eigenvalue weighted by Gasteiger charge is -2.16. The van der Waals surface area contributed by atoms with Gasteiger partial charge in [0.05, 0.1) is 19.9 Å². The molecule has 0 atom stereocenters.